The third-order valence-corrected chi connectivity index (χ3v) is 4.38. The lowest BCUT2D eigenvalue weighted by molar-refractivity contribution is 0.877. The Balaban J connectivity index is 1.80. The predicted octanol–water partition coefficient (Wildman–Crippen LogP) is 4.97. The molecule has 2 aromatic rings. The number of hydrogen-bond donors (Lipinski definition) is 1. The molecular weight excluding hydrogens is 242 g/mol. The second-order valence-electron chi connectivity index (χ2n) is 6.07. The summed E-state index contributed by atoms with van der Waals surface area (Å²) in [6.07, 6.45) is 3.83. The molecule has 0 saturated heterocycles. The van der Waals surface area contributed by atoms with Crippen LogP contribution in [0, 0.1) is 13.8 Å². The maximum Gasteiger partial charge on any atom is 0.0485 e. The molecule has 0 aromatic heterocycles. The maximum atomic E-state index is 3.64. The quantitative estimate of drug-likeness (QED) is 0.826. The van der Waals surface area contributed by atoms with Gasteiger partial charge in [0.05, 0.1) is 0 Å². The van der Waals surface area contributed by atoms with Crippen LogP contribution in [0.3, 0.4) is 0 Å². The summed E-state index contributed by atoms with van der Waals surface area (Å²) < 4.78 is 0. The average molecular weight is 265 g/mol. The summed E-state index contributed by atoms with van der Waals surface area (Å²) in [7, 11) is 0. The Morgan fingerprint density at radius 1 is 0.950 bits per heavy atom. The summed E-state index contributed by atoms with van der Waals surface area (Å²) in [4.78, 5) is 0. The molecule has 1 aliphatic rings. The molecule has 1 N–H and O–H groups in total. The Hall–Kier alpha value is -1.76. The van der Waals surface area contributed by atoms with Crippen molar-refractivity contribution in [2.75, 3.05) is 5.32 Å². The minimum absolute atomic E-state index is 0.349. The van der Waals surface area contributed by atoms with Gasteiger partial charge in [-0.2, -0.15) is 0 Å². The van der Waals surface area contributed by atoms with Crippen molar-refractivity contribution in [2.24, 2.45) is 0 Å². The molecule has 1 nitrogen and oxygen atoms in total. The van der Waals surface area contributed by atoms with E-state index >= 15 is 0 Å². The first-order chi connectivity index (χ1) is 9.63. The van der Waals surface area contributed by atoms with Gasteiger partial charge in [-0.25, -0.2) is 0 Å². The normalized spacial score (nSPS) is 14.9. The molecule has 20 heavy (non-hydrogen) atoms. The van der Waals surface area contributed by atoms with E-state index in [2.05, 4.69) is 62.5 Å². The van der Waals surface area contributed by atoms with Crippen LogP contribution in [-0.2, 0) is 12.8 Å². The van der Waals surface area contributed by atoms with Crippen molar-refractivity contribution in [2.45, 2.75) is 46.1 Å². The average Bonchev–Trinajstić information content (AvgIpc) is 2.89. The van der Waals surface area contributed by atoms with Gasteiger partial charge < -0.3 is 5.32 Å². The predicted molar refractivity (Wildman–Crippen MR) is 86.4 cm³/mol. The van der Waals surface area contributed by atoms with Crippen LogP contribution in [0.25, 0.3) is 0 Å². The summed E-state index contributed by atoms with van der Waals surface area (Å²) >= 11 is 0. The molecule has 3 rings (SSSR count). The van der Waals surface area contributed by atoms with Gasteiger partial charge in [-0.05, 0) is 68.4 Å². The summed E-state index contributed by atoms with van der Waals surface area (Å²) in [6.45, 7) is 6.56. The second-order valence-corrected chi connectivity index (χ2v) is 6.07. The molecule has 0 saturated carbocycles. The van der Waals surface area contributed by atoms with Gasteiger partial charge in [0.1, 0.15) is 0 Å². The number of fused-ring (bicyclic) bond motifs is 1. The minimum atomic E-state index is 0.349. The fourth-order valence-electron chi connectivity index (χ4n) is 3.15. The topological polar surface area (TPSA) is 12.0 Å². The van der Waals surface area contributed by atoms with Gasteiger partial charge in [-0.15, -0.1) is 0 Å². The van der Waals surface area contributed by atoms with Crippen molar-refractivity contribution < 1.29 is 0 Å². The lowest BCUT2D eigenvalue weighted by Crippen LogP contribution is -2.08. The molecule has 0 aliphatic heterocycles. The van der Waals surface area contributed by atoms with Crippen LogP contribution >= 0.6 is 0 Å². The van der Waals surface area contributed by atoms with Gasteiger partial charge in [0, 0.05) is 11.7 Å². The zero-order valence-electron chi connectivity index (χ0n) is 12.7. The molecule has 0 radical (unpaired) electrons. The van der Waals surface area contributed by atoms with Crippen LogP contribution < -0.4 is 5.32 Å². The van der Waals surface area contributed by atoms with Crippen molar-refractivity contribution in [3.63, 3.8) is 0 Å². The Kier molecular flexibility index (Phi) is 3.52. The fraction of sp³-hybridized carbons (Fsp3) is 0.368. The number of rotatable bonds is 3. The zero-order valence-corrected chi connectivity index (χ0v) is 12.7. The van der Waals surface area contributed by atoms with E-state index in [9.17, 15) is 0 Å². The van der Waals surface area contributed by atoms with Gasteiger partial charge in [-0.3, -0.25) is 0 Å². The van der Waals surface area contributed by atoms with E-state index in [-0.39, 0.29) is 0 Å². The molecule has 104 valence electrons. The highest BCUT2D eigenvalue weighted by atomic mass is 14.9. The number of aryl methyl sites for hydroxylation is 4. The highest BCUT2D eigenvalue weighted by molar-refractivity contribution is 5.53. The van der Waals surface area contributed by atoms with E-state index in [0.717, 1.165) is 0 Å². The molecular formula is C19H23N. The molecule has 0 amide bonds. The highest BCUT2D eigenvalue weighted by Crippen LogP contribution is 2.28. The molecule has 0 bridgehead atoms. The number of benzene rings is 2. The largest absolute Gasteiger partial charge is 0.378 e. The number of nitrogens with one attached hydrogen (secondary N) is 1. The van der Waals surface area contributed by atoms with Gasteiger partial charge in [0.25, 0.3) is 0 Å². The van der Waals surface area contributed by atoms with Crippen LogP contribution in [0.4, 0.5) is 5.69 Å². The van der Waals surface area contributed by atoms with Crippen LogP contribution in [0.5, 0.6) is 0 Å². The smallest absolute Gasteiger partial charge is 0.0485 e. The Bertz CT molecular complexity index is 628. The van der Waals surface area contributed by atoms with Crippen molar-refractivity contribution >= 4 is 5.69 Å². The number of anilines is 1. The summed E-state index contributed by atoms with van der Waals surface area (Å²) in [5.41, 5.74) is 8.37. The monoisotopic (exact) mass is 265 g/mol. The molecule has 2 aromatic carbocycles. The Morgan fingerprint density at radius 2 is 1.75 bits per heavy atom. The maximum absolute atomic E-state index is 3.64. The van der Waals surface area contributed by atoms with Gasteiger partial charge in [0.15, 0.2) is 0 Å². The van der Waals surface area contributed by atoms with Gasteiger partial charge in [0.2, 0.25) is 0 Å². The molecule has 0 heterocycles. The van der Waals surface area contributed by atoms with Crippen molar-refractivity contribution in [1.29, 1.82) is 0 Å². The van der Waals surface area contributed by atoms with E-state index < -0.39 is 0 Å². The lowest BCUT2D eigenvalue weighted by Gasteiger charge is -2.18. The summed E-state index contributed by atoms with van der Waals surface area (Å²) in [5.74, 6) is 0. The molecule has 0 spiro atoms. The van der Waals surface area contributed by atoms with Crippen LogP contribution in [0.1, 0.15) is 47.2 Å². The fourth-order valence-corrected chi connectivity index (χ4v) is 3.15. The molecule has 0 fully saturated rings. The zero-order chi connectivity index (χ0) is 14.1. The first kappa shape index (κ1) is 13.2. The highest BCUT2D eigenvalue weighted by Gasteiger charge is 2.13. The van der Waals surface area contributed by atoms with Crippen molar-refractivity contribution in [3.05, 3.63) is 64.2 Å². The number of hydrogen-bond acceptors (Lipinski definition) is 1. The van der Waals surface area contributed by atoms with E-state index in [4.69, 9.17) is 0 Å². The van der Waals surface area contributed by atoms with Gasteiger partial charge in [-0.1, -0.05) is 35.9 Å². The van der Waals surface area contributed by atoms with Crippen molar-refractivity contribution in [3.8, 4) is 0 Å². The standard InChI is InChI=1S/C19H23N/c1-13-7-10-19(14(2)11-13)20-15(3)17-9-8-16-5-4-6-18(16)12-17/h7-12,15,20H,4-6H2,1-3H3. The third kappa shape index (κ3) is 2.58. The molecule has 1 unspecified atom stereocenters. The summed E-state index contributed by atoms with van der Waals surface area (Å²) in [6, 6.07) is 13.9. The second kappa shape index (κ2) is 5.32. The van der Waals surface area contributed by atoms with Crippen LogP contribution in [0.2, 0.25) is 0 Å². The Morgan fingerprint density at radius 3 is 2.55 bits per heavy atom. The van der Waals surface area contributed by atoms with E-state index in [0.29, 0.717) is 6.04 Å². The SMILES string of the molecule is Cc1ccc(NC(C)c2ccc3c(c2)CCC3)c(C)c1. The third-order valence-electron chi connectivity index (χ3n) is 4.38. The Labute approximate surface area is 122 Å². The van der Waals surface area contributed by atoms with Crippen LogP contribution in [0.15, 0.2) is 36.4 Å². The summed E-state index contributed by atoms with van der Waals surface area (Å²) in [5, 5.41) is 3.64. The first-order valence-electron chi connectivity index (χ1n) is 7.59. The first-order valence-corrected chi connectivity index (χ1v) is 7.59. The van der Waals surface area contributed by atoms with E-state index in [1.165, 1.54) is 41.6 Å². The molecule has 1 heteroatoms. The van der Waals surface area contributed by atoms with E-state index in [1.54, 1.807) is 11.1 Å². The van der Waals surface area contributed by atoms with Crippen LogP contribution in [-0.4, -0.2) is 0 Å². The lowest BCUT2D eigenvalue weighted by atomic mass is 10.0. The van der Waals surface area contributed by atoms with E-state index in [1.807, 2.05) is 0 Å². The minimum Gasteiger partial charge on any atom is -0.378 e. The van der Waals surface area contributed by atoms with Gasteiger partial charge >= 0.3 is 0 Å². The van der Waals surface area contributed by atoms with Crippen molar-refractivity contribution in [1.82, 2.24) is 0 Å². The molecule has 1 aliphatic carbocycles. The molecule has 1 atom stereocenters.